The van der Waals surface area contributed by atoms with Gasteiger partial charge in [-0.1, -0.05) is 0 Å². The molecule has 0 aromatic carbocycles. The Balaban J connectivity index is 1.62. The Morgan fingerprint density at radius 3 is 2.97 bits per heavy atom. The largest absolute Gasteiger partial charge is 0.342 e. The molecular formula is C21H18FN7O. The number of carbonyl (C=O) groups excluding carboxylic acids is 1. The second-order valence-electron chi connectivity index (χ2n) is 7.29. The van der Waals surface area contributed by atoms with Gasteiger partial charge in [0.05, 0.1) is 12.3 Å². The number of fused-ring (bicyclic) bond motifs is 1. The number of carbonyl (C=O) groups is 1. The minimum absolute atomic E-state index is 0.117. The molecule has 0 saturated carbocycles. The summed E-state index contributed by atoms with van der Waals surface area (Å²) in [6.07, 6.45) is 5.10. The third-order valence-corrected chi connectivity index (χ3v) is 5.19. The number of piperidine rings is 1. The molecule has 150 valence electrons. The van der Waals surface area contributed by atoms with Crippen molar-refractivity contribution in [2.75, 3.05) is 13.1 Å². The van der Waals surface area contributed by atoms with Crippen LogP contribution in [0, 0.1) is 34.4 Å². The summed E-state index contributed by atoms with van der Waals surface area (Å²) in [6, 6.07) is 8.48. The molecule has 1 aliphatic rings. The van der Waals surface area contributed by atoms with E-state index in [9.17, 15) is 14.4 Å². The normalized spacial score (nSPS) is 16.2. The van der Waals surface area contributed by atoms with E-state index in [2.05, 4.69) is 21.0 Å². The molecule has 0 unspecified atom stereocenters. The van der Waals surface area contributed by atoms with Gasteiger partial charge in [-0.15, -0.1) is 0 Å². The molecular weight excluding hydrogens is 385 g/mol. The van der Waals surface area contributed by atoms with Gasteiger partial charge in [0.1, 0.15) is 35.3 Å². The molecule has 4 rings (SSSR count). The first-order valence-corrected chi connectivity index (χ1v) is 9.63. The molecule has 1 saturated heterocycles. The Morgan fingerprint density at radius 2 is 2.17 bits per heavy atom. The van der Waals surface area contributed by atoms with Gasteiger partial charge in [0.25, 0.3) is 0 Å². The van der Waals surface area contributed by atoms with Crippen LogP contribution < -0.4 is 0 Å². The van der Waals surface area contributed by atoms with Gasteiger partial charge in [-0.2, -0.15) is 10.5 Å². The smallest absolute Gasteiger partial charge is 0.236 e. The average molecular weight is 403 g/mol. The van der Waals surface area contributed by atoms with Gasteiger partial charge in [-0.05, 0) is 43.4 Å². The van der Waals surface area contributed by atoms with E-state index in [4.69, 9.17) is 5.26 Å². The maximum absolute atomic E-state index is 13.7. The first-order valence-electron chi connectivity index (χ1n) is 9.63. The molecule has 3 aromatic heterocycles. The van der Waals surface area contributed by atoms with Crippen molar-refractivity contribution >= 4 is 11.6 Å². The molecule has 9 heteroatoms. The van der Waals surface area contributed by atoms with Crippen LogP contribution in [0.5, 0.6) is 0 Å². The molecule has 4 heterocycles. The Labute approximate surface area is 172 Å². The monoisotopic (exact) mass is 403 g/mol. The topological polar surface area (TPSA) is 111 Å². The van der Waals surface area contributed by atoms with E-state index in [1.54, 1.807) is 27.6 Å². The van der Waals surface area contributed by atoms with Crippen molar-refractivity contribution in [3.05, 3.63) is 47.8 Å². The molecule has 3 aromatic rings. The van der Waals surface area contributed by atoms with Gasteiger partial charge < -0.3 is 4.90 Å². The molecule has 0 radical (unpaired) electrons. The summed E-state index contributed by atoms with van der Waals surface area (Å²) in [7, 11) is 0. The van der Waals surface area contributed by atoms with Crippen LogP contribution in [0.4, 0.5) is 4.39 Å². The SMILES string of the molecule is N#CCC(=O)N1CCC[C@@H](Cc2cc(C#N)nc(-c3cnc4ccc(F)cn34)n2)C1. The number of halogens is 1. The second-order valence-corrected chi connectivity index (χ2v) is 7.29. The summed E-state index contributed by atoms with van der Waals surface area (Å²) < 4.78 is 15.3. The Hall–Kier alpha value is -3.85. The summed E-state index contributed by atoms with van der Waals surface area (Å²) in [5, 5.41) is 18.2. The standard InChI is InChI=1S/C21H18FN7O/c22-15-3-4-19-25-11-18(29(19)13-15)21-26-16(9-17(10-24)27-21)8-14-2-1-7-28(12-14)20(30)5-6-23/h3-4,9,11,13-14H,1-2,5,7-8,12H2/t14-/m0/s1. The van der Waals surface area contributed by atoms with Crippen LogP contribution >= 0.6 is 0 Å². The van der Waals surface area contributed by atoms with E-state index in [0.29, 0.717) is 42.4 Å². The van der Waals surface area contributed by atoms with E-state index in [-0.39, 0.29) is 23.9 Å². The predicted octanol–water partition coefficient (Wildman–Crippen LogP) is 2.50. The van der Waals surface area contributed by atoms with Gasteiger partial charge in [0.2, 0.25) is 5.91 Å². The van der Waals surface area contributed by atoms with Crippen LogP contribution in [0.15, 0.2) is 30.6 Å². The number of nitrogens with zero attached hydrogens (tertiary/aromatic N) is 7. The Morgan fingerprint density at radius 1 is 1.30 bits per heavy atom. The second kappa shape index (κ2) is 8.26. The van der Waals surface area contributed by atoms with Crippen molar-refractivity contribution in [3.63, 3.8) is 0 Å². The number of hydrogen-bond donors (Lipinski definition) is 0. The molecule has 1 fully saturated rings. The highest BCUT2D eigenvalue weighted by atomic mass is 19.1. The zero-order valence-corrected chi connectivity index (χ0v) is 16.1. The van der Waals surface area contributed by atoms with Crippen LogP contribution in [0.2, 0.25) is 0 Å². The summed E-state index contributed by atoms with van der Waals surface area (Å²) in [4.78, 5) is 26.9. The number of rotatable bonds is 4. The molecule has 1 aliphatic heterocycles. The fraction of sp³-hybridized carbons (Fsp3) is 0.333. The van der Waals surface area contributed by atoms with E-state index in [1.165, 1.54) is 12.3 Å². The first-order chi connectivity index (χ1) is 14.6. The number of amides is 1. The maximum atomic E-state index is 13.7. The van der Waals surface area contributed by atoms with Gasteiger partial charge >= 0.3 is 0 Å². The number of hydrogen-bond acceptors (Lipinski definition) is 6. The highest BCUT2D eigenvalue weighted by Crippen LogP contribution is 2.23. The van der Waals surface area contributed by atoms with Crippen molar-refractivity contribution in [3.8, 4) is 23.7 Å². The van der Waals surface area contributed by atoms with Crippen molar-refractivity contribution in [1.29, 1.82) is 10.5 Å². The van der Waals surface area contributed by atoms with Crippen LogP contribution in [-0.2, 0) is 11.2 Å². The Bertz CT molecular complexity index is 1190. The third kappa shape index (κ3) is 3.96. The molecule has 1 amide bonds. The van der Waals surface area contributed by atoms with Crippen LogP contribution in [0.1, 0.15) is 30.7 Å². The Kier molecular flexibility index (Phi) is 5.36. The lowest BCUT2D eigenvalue weighted by molar-refractivity contribution is -0.131. The van der Waals surface area contributed by atoms with E-state index < -0.39 is 5.82 Å². The van der Waals surface area contributed by atoms with Crippen molar-refractivity contribution in [2.24, 2.45) is 5.92 Å². The summed E-state index contributed by atoms with van der Waals surface area (Å²) in [6.45, 7) is 1.21. The first kappa shape index (κ1) is 19.5. The molecule has 0 bridgehead atoms. The summed E-state index contributed by atoms with van der Waals surface area (Å²) in [5.74, 6) is -0.0931. The number of likely N-dealkylation sites (tertiary alicyclic amines) is 1. The predicted molar refractivity (Wildman–Crippen MR) is 104 cm³/mol. The lowest BCUT2D eigenvalue weighted by atomic mass is 9.93. The molecule has 0 aliphatic carbocycles. The fourth-order valence-electron chi connectivity index (χ4n) is 3.83. The average Bonchev–Trinajstić information content (AvgIpc) is 3.17. The molecule has 8 nitrogen and oxygen atoms in total. The number of aromatic nitrogens is 4. The van der Waals surface area contributed by atoms with Crippen molar-refractivity contribution < 1.29 is 9.18 Å². The number of imidazole rings is 1. The number of nitriles is 2. The quantitative estimate of drug-likeness (QED) is 0.662. The highest BCUT2D eigenvalue weighted by Gasteiger charge is 2.24. The van der Waals surface area contributed by atoms with Crippen molar-refractivity contribution in [2.45, 2.75) is 25.7 Å². The summed E-state index contributed by atoms with van der Waals surface area (Å²) in [5.41, 5.74) is 1.95. The van der Waals surface area contributed by atoms with Crippen LogP contribution in [0.3, 0.4) is 0 Å². The van der Waals surface area contributed by atoms with Crippen LogP contribution in [-0.4, -0.2) is 43.2 Å². The van der Waals surface area contributed by atoms with Gasteiger partial charge in [-0.25, -0.2) is 19.3 Å². The lowest BCUT2D eigenvalue weighted by Gasteiger charge is -2.32. The fourth-order valence-corrected chi connectivity index (χ4v) is 3.83. The number of pyridine rings is 1. The zero-order valence-electron chi connectivity index (χ0n) is 16.1. The van der Waals surface area contributed by atoms with E-state index in [0.717, 1.165) is 12.8 Å². The minimum Gasteiger partial charge on any atom is -0.342 e. The van der Waals surface area contributed by atoms with Crippen LogP contribution in [0.25, 0.3) is 17.2 Å². The molecule has 0 spiro atoms. The molecule has 30 heavy (non-hydrogen) atoms. The van der Waals surface area contributed by atoms with E-state index >= 15 is 0 Å². The van der Waals surface area contributed by atoms with E-state index in [1.807, 2.05) is 6.07 Å². The molecule has 1 atom stereocenters. The van der Waals surface area contributed by atoms with Gasteiger partial charge in [0.15, 0.2) is 5.82 Å². The van der Waals surface area contributed by atoms with Gasteiger partial charge in [-0.3, -0.25) is 9.20 Å². The van der Waals surface area contributed by atoms with Gasteiger partial charge in [0, 0.05) is 25.0 Å². The zero-order chi connectivity index (χ0) is 21.1. The van der Waals surface area contributed by atoms with Crippen molar-refractivity contribution in [1.82, 2.24) is 24.3 Å². The molecule has 0 N–H and O–H groups in total. The lowest BCUT2D eigenvalue weighted by Crippen LogP contribution is -2.40. The minimum atomic E-state index is -0.414. The summed E-state index contributed by atoms with van der Waals surface area (Å²) >= 11 is 0. The maximum Gasteiger partial charge on any atom is 0.236 e. The third-order valence-electron chi connectivity index (χ3n) is 5.19. The highest BCUT2D eigenvalue weighted by molar-refractivity contribution is 5.78.